The number of nitrogens with zero attached hydrogens (tertiary/aromatic N) is 6. The Labute approximate surface area is 393 Å². The molecule has 0 saturated carbocycles. The summed E-state index contributed by atoms with van der Waals surface area (Å²) in [5, 5.41) is 53.8. The van der Waals surface area contributed by atoms with E-state index >= 15 is 0 Å². The summed E-state index contributed by atoms with van der Waals surface area (Å²) in [6.45, 7) is 19.5. The van der Waals surface area contributed by atoms with E-state index < -0.39 is 35.8 Å². The Balaban J connectivity index is 0.000000320. The zero-order chi connectivity index (χ0) is 50.1. The van der Waals surface area contributed by atoms with E-state index in [1.165, 1.54) is 23.9 Å². The lowest BCUT2D eigenvalue weighted by Crippen LogP contribution is -2.29. The number of benzene rings is 2. The third kappa shape index (κ3) is 24.6. The molecule has 8 N–H and O–H groups in total. The van der Waals surface area contributed by atoms with Crippen molar-refractivity contribution in [1.29, 1.82) is 0 Å². The van der Waals surface area contributed by atoms with Gasteiger partial charge in [-0.15, -0.1) is 0 Å². The molecule has 0 atom stereocenters. The minimum absolute atomic E-state index is 0.558. The Bertz CT molecular complexity index is 2020. The second-order valence-electron chi connectivity index (χ2n) is 14.5. The molecule has 2 aliphatic heterocycles. The number of hydrogen-bond acceptors (Lipinski definition) is 14. The first-order valence-corrected chi connectivity index (χ1v) is 22.0. The molecule has 68 heavy (non-hydrogen) atoms. The van der Waals surface area contributed by atoms with Gasteiger partial charge in [-0.05, 0) is 77.1 Å². The molecule has 22 heteroatoms. The Hall–Kier alpha value is -6.82. The van der Waals surface area contributed by atoms with Gasteiger partial charge in [0.1, 0.15) is 11.6 Å². The van der Waals surface area contributed by atoms with Crippen molar-refractivity contribution < 1.29 is 68.9 Å². The Morgan fingerprint density at radius 1 is 0.515 bits per heavy atom. The molecule has 2 saturated heterocycles. The quantitative estimate of drug-likeness (QED) is 0.0525. The highest BCUT2D eigenvalue weighted by Gasteiger charge is 2.17. The first-order chi connectivity index (χ1) is 32.6. The van der Waals surface area contributed by atoms with Gasteiger partial charge in [0.2, 0.25) is 0 Å². The van der Waals surface area contributed by atoms with E-state index in [1.807, 2.05) is 13.8 Å². The van der Waals surface area contributed by atoms with E-state index in [9.17, 15) is 28.8 Å². The molecule has 0 aliphatic carbocycles. The molecule has 2 aliphatic rings. The molecule has 0 spiro atoms. The van der Waals surface area contributed by atoms with E-state index in [4.69, 9.17) is 50.1 Å². The van der Waals surface area contributed by atoms with Crippen molar-refractivity contribution in [2.24, 2.45) is 0 Å². The number of fused-ring (bicyclic) bond motifs is 2. The van der Waals surface area contributed by atoms with Gasteiger partial charge in [0.15, 0.2) is 0 Å². The van der Waals surface area contributed by atoms with Crippen LogP contribution >= 0.6 is 0 Å². The number of aromatic nitrogens is 4. The lowest BCUT2D eigenvalue weighted by atomic mass is 10.3. The Kier molecular flexibility index (Phi) is 28.3. The van der Waals surface area contributed by atoms with Crippen LogP contribution in [-0.2, 0) is 64.4 Å². The molecule has 0 radical (unpaired) electrons. The fraction of sp³-hybridized carbons (Fsp3) is 0.435. The maximum Gasteiger partial charge on any atom is 0.328 e. The smallest absolute Gasteiger partial charge is 0.328 e. The van der Waals surface area contributed by atoms with Gasteiger partial charge in [0, 0.05) is 88.9 Å². The predicted molar refractivity (Wildman–Crippen MR) is 251 cm³/mol. The van der Waals surface area contributed by atoms with Crippen LogP contribution < -0.4 is 10.6 Å². The summed E-state index contributed by atoms with van der Waals surface area (Å²) in [5.41, 5.74) is 4.60. The standard InChI is InChI=1S/2C17H26N4O.3C4H4O4/c2*1-2-22-13-12-21-16-7-4-3-6-15(16)19-17(21)14-20-10-5-8-18-9-11-20;3*5-3(6)1-2-4(7)8/h2*3-4,6-7,18H,2,5,8-14H2,1H3;3*1-2H,(H,5,6)(H,7,8)/b;;3*2-1+. The van der Waals surface area contributed by atoms with Gasteiger partial charge in [-0.3, -0.25) is 9.80 Å². The van der Waals surface area contributed by atoms with Gasteiger partial charge in [0.05, 0.1) is 48.4 Å². The molecule has 0 unspecified atom stereocenters. The van der Waals surface area contributed by atoms with Crippen LogP contribution in [0.15, 0.2) is 85.0 Å². The van der Waals surface area contributed by atoms with Gasteiger partial charge >= 0.3 is 35.8 Å². The minimum atomic E-state index is -1.26. The number of para-hydroxylation sites is 4. The summed E-state index contributed by atoms with van der Waals surface area (Å²) < 4.78 is 15.7. The monoisotopic (exact) mass is 952 g/mol. The molecule has 0 bridgehead atoms. The number of carboxylic acids is 6. The first kappa shape index (κ1) is 57.3. The zero-order valence-electron chi connectivity index (χ0n) is 38.4. The third-order valence-electron chi connectivity index (χ3n) is 9.49. The van der Waals surface area contributed by atoms with E-state index in [0.29, 0.717) is 36.5 Å². The van der Waals surface area contributed by atoms with Gasteiger partial charge in [-0.1, -0.05) is 24.3 Å². The van der Waals surface area contributed by atoms with Gasteiger partial charge in [-0.2, -0.15) is 0 Å². The molecule has 4 aromatic rings. The number of imidazole rings is 2. The number of nitrogens with one attached hydrogen (secondary N) is 2. The normalized spacial score (nSPS) is 14.3. The molecule has 2 aromatic carbocycles. The average Bonchev–Trinajstić information content (AvgIpc) is 3.52. The number of aliphatic carboxylic acids is 6. The van der Waals surface area contributed by atoms with Crippen LogP contribution in [0.1, 0.15) is 38.3 Å². The molecule has 2 fully saturated rings. The number of hydrogen-bond donors (Lipinski definition) is 8. The fourth-order valence-electron chi connectivity index (χ4n) is 6.54. The van der Waals surface area contributed by atoms with Gasteiger partial charge in [0.25, 0.3) is 0 Å². The van der Waals surface area contributed by atoms with Crippen molar-refractivity contribution in [3.8, 4) is 0 Å². The molecule has 0 amide bonds. The summed E-state index contributed by atoms with van der Waals surface area (Å²) in [6, 6.07) is 16.8. The largest absolute Gasteiger partial charge is 0.478 e. The highest BCUT2D eigenvalue weighted by atomic mass is 16.5. The van der Waals surface area contributed by atoms with E-state index in [-0.39, 0.29) is 0 Å². The summed E-state index contributed by atoms with van der Waals surface area (Å²) in [4.78, 5) is 72.0. The van der Waals surface area contributed by atoms with E-state index in [1.54, 1.807) is 0 Å². The Morgan fingerprint density at radius 3 is 1.15 bits per heavy atom. The second-order valence-corrected chi connectivity index (χ2v) is 14.5. The van der Waals surface area contributed by atoms with Crippen molar-refractivity contribution in [2.45, 2.75) is 52.9 Å². The number of ether oxygens (including phenoxy) is 2. The summed E-state index contributed by atoms with van der Waals surface area (Å²) >= 11 is 0. The van der Waals surface area contributed by atoms with Gasteiger partial charge in [-0.25, -0.2) is 38.7 Å². The predicted octanol–water partition coefficient (Wildman–Crippen LogP) is 2.87. The number of carboxylic acid groups (broad SMARTS) is 6. The summed E-state index contributed by atoms with van der Waals surface area (Å²) in [6.07, 6.45) is 5.76. The zero-order valence-corrected chi connectivity index (χ0v) is 38.4. The van der Waals surface area contributed by atoms with Crippen LogP contribution in [0.4, 0.5) is 0 Å². The number of rotatable bonds is 18. The van der Waals surface area contributed by atoms with Crippen LogP contribution in [0.3, 0.4) is 0 Å². The summed E-state index contributed by atoms with van der Waals surface area (Å²) in [5.74, 6) is -5.23. The molecule has 372 valence electrons. The van der Waals surface area contributed by atoms with Crippen molar-refractivity contribution in [2.75, 3.05) is 78.8 Å². The molecular formula is C46H64N8O14. The second kappa shape index (κ2) is 33.6. The van der Waals surface area contributed by atoms with Gasteiger partial charge < -0.3 is 59.9 Å². The lowest BCUT2D eigenvalue weighted by Gasteiger charge is -2.19. The molecule has 22 nitrogen and oxygen atoms in total. The van der Waals surface area contributed by atoms with Crippen molar-refractivity contribution >= 4 is 57.9 Å². The van der Waals surface area contributed by atoms with E-state index in [0.717, 1.165) is 128 Å². The van der Waals surface area contributed by atoms with E-state index in [2.05, 4.69) is 78.1 Å². The van der Waals surface area contributed by atoms with Crippen LogP contribution in [-0.4, -0.2) is 174 Å². The molecule has 2 aromatic heterocycles. The highest BCUT2D eigenvalue weighted by Crippen LogP contribution is 2.19. The van der Waals surface area contributed by atoms with Crippen LogP contribution in [0.2, 0.25) is 0 Å². The van der Waals surface area contributed by atoms with Crippen molar-refractivity contribution in [1.82, 2.24) is 39.5 Å². The molecule has 6 rings (SSSR count). The summed E-state index contributed by atoms with van der Waals surface area (Å²) in [7, 11) is 0. The molecular weight excluding hydrogens is 889 g/mol. The van der Waals surface area contributed by atoms with Crippen LogP contribution in [0.25, 0.3) is 22.1 Å². The lowest BCUT2D eigenvalue weighted by molar-refractivity contribution is -0.134. The first-order valence-electron chi connectivity index (χ1n) is 22.0. The van der Waals surface area contributed by atoms with Crippen LogP contribution in [0, 0.1) is 0 Å². The maximum absolute atomic E-state index is 9.55. The van der Waals surface area contributed by atoms with Crippen LogP contribution in [0.5, 0.6) is 0 Å². The minimum Gasteiger partial charge on any atom is -0.478 e. The van der Waals surface area contributed by atoms with Crippen molar-refractivity contribution in [3.05, 3.63) is 96.6 Å². The fourth-order valence-corrected chi connectivity index (χ4v) is 6.54. The molecule has 4 heterocycles. The SMILES string of the molecule is CCOCCn1c(CN2CCCNCC2)nc2ccccc21.CCOCCn1c(CN2CCCNCC2)nc2ccccc21.O=C(O)/C=C/C(=O)O.O=C(O)/C=C/C(=O)O.O=C(O)/C=C/C(=O)O. The highest BCUT2D eigenvalue weighted by molar-refractivity contribution is 5.90. The van der Waals surface area contributed by atoms with Crippen molar-refractivity contribution in [3.63, 3.8) is 0 Å². The number of carbonyl (C=O) groups is 6. The Morgan fingerprint density at radius 2 is 0.838 bits per heavy atom. The topological polar surface area (TPSA) is 308 Å². The third-order valence-corrected chi connectivity index (χ3v) is 9.49. The maximum atomic E-state index is 9.55. The average molecular weight is 953 g/mol.